The molecule has 30 heavy (non-hydrogen) atoms. The number of halogens is 1. The summed E-state index contributed by atoms with van der Waals surface area (Å²) in [6, 6.07) is 16.1. The van der Waals surface area contributed by atoms with Gasteiger partial charge in [-0.1, -0.05) is 18.2 Å². The third-order valence-corrected chi connectivity index (χ3v) is 5.60. The van der Waals surface area contributed by atoms with Crippen LogP contribution in [0.1, 0.15) is 17.2 Å². The maximum atomic E-state index is 13.4. The van der Waals surface area contributed by atoms with Gasteiger partial charge >= 0.3 is 0 Å². The second-order valence-electron chi connectivity index (χ2n) is 7.38. The Hall–Kier alpha value is -3.58. The minimum Gasteiger partial charge on any atom is -0.273 e. The number of carbonyl (C=O) groups is 2. The molecule has 3 atom stereocenters. The first-order valence-electron chi connectivity index (χ1n) is 9.61. The number of hydrogen-bond donors (Lipinski definition) is 0. The molecule has 3 heterocycles. The van der Waals surface area contributed by atoms with Crippen LogP contribution in [-0.2, 0) is 14.4 Å². The van der Waals surface area contributed by atoms with Crippen LogP contribution in [0.5, 0.6) is 0 Å². The molecular weight excluding hydrogens is 385 g/mol. The topological polar surface area (TPSA) is 62.7 Å². The number of para-hydroxylation sites is 1. The summed E-state index contributed by atoms with van der Waals surface area (Å²) < 4.78 is 13.3. The molecule has 0 aliphatic carbocycles. The molecule has 5 rings (SSSR count). The zero-order chi connectivity index (χ0) is 20.8. The van der Waals surface area contributed by atoms with Gasteiger partial charge in [-0.3, -0.25) is 19.4 Å². The zero-order valence-corrected chi connectivity index (χ0v) is 16.1. The normalized spacial score (nSPS) is 23.2. The summed E-state index contributed by atoms with van der Waals surface area (Å²) in [6.07, 6.45) is 2.34. The molecular formula is C23H18FN3O3. The van der Waals surface area contributed by atoms with Gasteiger partial charge in [0.1, 0.15) is 11.7 Å². The monoisotopic (exact) mass is 403 g/mol. The highest BCUT2D eigenvalue weighted by atomic mass is 19.1. The van der Waals surface area contributed by atoms with Crippen LogP contribution in [-0.4, -0.2) is 22.9 Å². The smallest absolute Gasteiger partial charge is 0.266 e. The van der Waals surface area contributed by atoms with Crippen LogP contribution in [0.15, 0.2) is 73.1 Å². The van der Waals surface area contributed by atoms with Gasteiger partial charge in [0.05, 0.1) is 17.4 Å². The highest BCUT2D eigenvalue weighted by molar-refractivity contribution is 6.23. The Morgan fingerprint density at radius 3 is 2.33 bits per heavy atom. The minimum atomic E-state index is -0.958. The average molecular weight is 403 g/mol. The molecule has 0 N–H and O–H groups in total. The van der Waals surface area contributed by atoms with Crippen LogP contribution in [0.2, 0.25) is 0 Å². The Morgan fingerprint density at radius 1 is 0.933 bits per heavy atom. The van der Waals surface area contributed by atoms with Crippen molar-refractivity contribution in [3.63, 3.8) is 0 Å². The molecule has 0 radical (unpaired) electrons. The van der Waals surface area contributed by atoms with Crippen LogP contribution >= 0.6 is 0 Å². The van der Waals surface area contributed by atoms with Crippen LogP contribution in [0.4, 0.5) is 15.8 Å². The van der Waals surface area contributed by atoms with Gasteiger partial charge in [0.25, 0.3) is 5.91 Å². The quantitative estimate of drug-likeness (QED) is 0.626. The number of anilines is 2. The van der Waals surface area contributed by atoms with Crippen LogP contribution in [0.25, 0.3) is 0 Å². The number of carbonyl (C=O) groups excluding carboxylic acids is 2. The fourth-order valence-corrected chi connectivity index (χ4v) is 4.18. The van der Waals surface area contributed by atoms with Crippen molar-refractivity contribution in [2.24, 2.45) is 5.92 Å². The molecule has 0 spiro atoms. The minimum absolute atomic E-state index is 0.334. The van der Waals surface area contributed by atoms with Crippen molar-refractivity contribution in [2.75, 3.05) is 9.96 Å². The molecule has 2 fully saturated rings. The van der Waals surface area contributed by atoms with Gasteiger partial charge in [-0.05, 0) is 60.5 Å². The molecule has 2 aromatic carbocycles. The molecule has 2 amide bonds. The van der Waals surface area contributed by atoms with Crippen molar-refractivity contribution in [1.29, 1.82) is 0 Å². The number of pyridine rings is 1. The summed E-state index contributed by atoms with van der Waals surface area (Å²) in [4.78, 5) is 37.9. The van der Waals surface area contributed by atoms with E-state index in [1.165, 1.54) is 24.3 Å². The number of aryl methyl sites for hydroxylation is 1. The number of imide groups is 1. The lowest BCUT2D eigenvalue weighted by molar-refractivity contribution is -0.126. The van der Waals surface area contributed by atoms with Crippen LogP contribution in [0.3, 0.4) is 0 Å². The second-order valence-corrected chi connectivity index (χ2v) is 7.38. The number of hydroxylamine groups is 1. The molecule has 0 bridgehead atoms. The number of fused-ring (bicyclic) bond motifs is 1. The van der Waals surface area contributed by atoms with Gasteiger partial charge in [-0.25, -0.2) is 14.4 Å². The van der Waals surface area contributed by atoms with E-state index in [2.05, 4.69) is 4.98 Å². The predicted octanol–water partition coefficient (Wildman–Crippen LogP) is 3.58. The predicted molar refractivity (Wildman–Crippen MR) is 108 cm³/mol. The molecule has 6 nitrogen and oxygen atoms in total. The van der Waals surface area contributed by atoms with Crippen molar-refractivity contribution in [3.8, 4) is 0 Å². The van der Waals surface area contributed by atoms with Gasteiger partial charge in [-0.15, -0.1) is 0 Å². The summed E-state index contributed by atoms with van der Waals surface area (Å²) in [5, 5.41) is 1.66. The lowest BCUT2D eigenvalue weighted by atomic mass is 9.91. The summed E-state index contributed by atoms with van der Waals surface area (Å²) in [5.41, 5.74) is 2.91. The Labute approximate surface area is 172 Å². The van der Waals surface area contributed by atoms with Gasteiger partial charge in [0.2, 0.25) is 5.91 Å². The summed E-state index contributed by atoms with van der Waals surface area (Å²) in [6.45, 7) is 1.95. The number of aromatic nitrogens is 1. The zero-order valence-electron chi connectivity index (χ0n) is 16.1. The molecule has 0 saturated carbocycles. The largest absolute Gasteiger partial charge is 0.273 e. The first kappa shape index (κ1) is 18.4. The Bertz CT molecular complexity index is 1120. The SMILES string of the molecule is Cc1ccccc1N1OC2C(=O)N(c3ccc(F)cc3)C(=O)C2C1c1ccncc1. The molecule has 2 aliphatic rings. The molecule has 2 saturated heterocycles. The van der Waals surface area contributed by atoms with E-state index in [0.29, 0.717) is 5.69 Å². The van der Waals surface area contributed by atoms with E-state index in [4.69, 9.17) is 4.84 Å². The number of nitrogens with zero attached hydrogens (tertiary/aromatic N) is 3. The van der Waals surface area contributed by atoms with Crippen LogP contribution < -0.4 is 9.96 Å². The van der Waals surface area contributed by atoms with Gasteiger partial charge in [-0.2, -0.15) is 0 Å². The lowest BCUT2D eigenvalue weighted by Crippen LogP contribution is -2.37. The summed E-state index contributed by atoms with van der Waals surface area (Å²) in [5.74, 6) is -1.99. The molecule has 3 aromatic rings. The first-order chi connectivity index (χ1) is 14.6. The first-order valence-corrected chi connectivity index (χ1v) is 9.61. The average Bonchev–Trinajstić information content (AvgIpc) is 3.26. The van der Waals surface area contributed by atoms with Crippen molar-refractivity contribution in [2.45, 2.75) is 19.1 Å². The van der Waals surface area contributed by atoms with Gasteiger partial charge < -0.3 is 0 Å². The molecule has 150 valence electrons. The molecule has 2 aliphatic heterocycles. The Balaban J connectivity index is 1.59. The Kier molecular flexibility index (Phi) is 4.33. The van der Waals surface area contributed by atoms with E-state index in [1.54, 1.807) is 17.5 Å². The number of rotatable bonds is 3. The number of amides is 2. The maximum absolute atomic E-state index is 13.4. The standard InChI is InChI=1S/C23H18FN3O3/c1-14-4-2-3-5-18(14)27-20(15-10-12-25-13-11-15)19-21(30-27)23(29)26(22(19)28)17-8-6-16(24)7-9-17/h2-13,19-21H,1H3. The van der Waals surface area contributed by atoms with E-state index in [1.807, 2.05) is 43.3 Å². The van der Waals surface area contributed by atoms with Crippen molar-refractivity contribution < 1.29 is 18.8 Å². The van der Waals surface area contributed by atoms with E-state index in [-0.39, 0.29) is 5.91 Å². The fraction of sp³-hybridized carbons (Fsp3) is 0.174. The van der Waals surface area contributed by atoms with E-state index < -0.39 is 29.8 Å². The Morgan fingerprint density at radius 2 is 1.63 bits per heavy atom. The van der Waals surface area contributed by atoms with Crippen molar-refractivity contribution in [3.05, 3.63) is 90.0 Å². The fourth-order valence-electron chi connectivity index (χ4n) is 4.18. The lowest BCUT2D eigenvalue weighted by Gasteiger charge is -2.29. The highest BCUT2D eigenvalue weighted by Gasteiger charge is 2.60. The van der Waals surface area contributed by atoms with E-state index >= 15 is 0 Å². The maximum Gasteiger partial charge on any atom is 0.266 e. The summed E-state index contributed by atoms with van der Waals surface area (Å²) in [7, 11) is 0. The van der Waals surface area contributed by atoms with E-state index in [0.717, 1.165) is 21.7 Å². The van der Waals surface area contributed by atoms with Crippen molar-refractivity contribution >= 4 is 23.2 Å². The second kappa shape index (κ2) is 7.03. The summed E-state index contributed by atoms with van der Waals surface area (Å²) >= 11 is 0. The third kappa shape index (κ3) is 2.78. The van der Waals surface area contributed by atoms with Crippen molar-refractivity contribution in [1.82, 2.24) is 4.98 Å². The number of hydrogen-bond acceptors (Lipinski definition) is 5. The van der Waals surface area contributed by atoms with Gasteiger partial charge in [0, 0.05) is 12.4 Å². The number of benzene rings is 2. The molecule has 3 unspecified atom stereocenters. The molecule has 7 heteroatoms. The molecule has 1 aromatic heterocycles. The third-order valence-electron chi connectivity index (χ3n) is 5.60. The van der Waals surface area contributed by atoms with E-state index in [9.17, 15) is 14.0 Å². The highest BCUT2D eigenvalue weighted by Crippen LogP contribution is 2.48. The van der Waals surface area contributed by atoms with Gasteiger partial charge in [0.15, 0.2) is 6.10 Å². The van der Waals surface area contributed by atoms with Crippen LogP contribution in [0, 0.1) is 18.7 Å².